The zero-order valence-corrected chi connectivity index (χ0v) is 17.9. The van der Waals surface area contributed by atoms with E-state index in [2.05, 4.69) is 82.3 Å². The normalized spacial score (nSPS) is 9.54. The SMILES string of the molecule is CC.Cc1ccc(-c2ccc(C)c(Cl)c2)cc1C.Cc1ccc(C)cc1. The standard InChI is InChI=1S/C15H15Cl.C8H10.C2H6/c1-10-4-6-13(8-12(10)3)14-7-5-11(2)15(16)9-14;1-7-3-5-8(2)6-4-7;1-2/h4-9H,1-3H3;3-6H,1-2H3;1-2H3. The lowest BCUT2D eigenvalue weighted by Gasteiger charge is -2.07. The van der Waals surface area contributed by atoms with Crippen molar-refractivity contribution in [1.29, 1.82) is 0 Å². The van der Waals surface area contributed by atoms with Crippen molar-refractivity contribution in [1.82, 2.24) is 0 Å². The summed E-state index contributed by atoms with van der Waals surface area (Å²) in [5, 5.41) is 0.829. The molecule has 26 heavy (non-hydrogen) atoms. The molecule has 0 saturated heterocycles. The maximum Gasteiger partial charge on any atom is 0.0441 e. The van der Waals surface area contributed by atoms with Gasteiger partial charge in [0.2, 0.25) is 0 Å². The second kappa shape index (κ2) is 10.8. The number of rotatable bonds is 1. The second-order valence-electron chi connectivity index (χ2n) is 6.42. The van der Waals surface area contributed by atoms with Crippen LogP contribution in [-0.2, 0) is 0 Å². The molecule has 0 spiro atoms. The Bertz CT molecular complexity index is 744. The highest BCUT2D eigenvalue weighted by atomic mass is 35.5. The summed E-state index contributed by atoms with van der Waals surface area (Å²) in [4.78, 5) is 0. The van der Waals surface area contributed by atoms with Gasteiger partial charge in [0.15, 0.2) is 0 Å². The monoisotopic (exact) mass is 366 g/mol. The molecule has 3 aromatic carbocycles. The highest BCUT2D eigenvalue weighted by Crippen LogP contribution is 2.26. The van der Waals surface area contributed by atoms with E-state index < -0.39 is 0 Å². The Morgan fingerprint density at radius 3 is 1.35 bits per heavy atom. The predicted octanol–water partition coefficient (Wildman–Crippen LogP) is 8.26. The van der Waals surface area contributed by atoms with Crippen molar-refractivity contribution in [2.24, 2.45) is 0 Å². The second-order valence-corrected chi connectivity index (χ2v) is 6.82. The lowest BCUT2D eigenvalue weighted by atomic mass is 10.00. The molecule has 1 heteroatoms. The maximum absolute atomic E-state index is 6.13. The van der Waals surface area contributed by atoms with Crippen molar-refractivity contribution in [3.8, 4) is 11.1 Å². The first-order valence-electron chi connectivity index (χ1n) is 9.24. The van der Waals surface area contributed by atoms with Crippen LogP contribution < -0.4 is 0 Å². The number of benzene rings is 3. The number of hydrogen-bond acceptors (Lipinski definition) is 0. The van der Waals surface area contributed by atoms with E-state index in [0.717, 1.165) is 10.6 Å². The summed E-state index contributed by atoms with van der Waals surface area (Å²) in [5.74, 6) is 0. The maximum atomic E-state index is 6.13. The average Bonchev–Trinajstić information content (AvgIpc) is 2.64. The van der Waals surface area contributed by atoms with Gasteiger partial charge in [-0.1, -0.05) is 91.2 Å². The van der Waals surface area contributed by atoms with E-state index in [0.29, 0.717) is 0 Å². The third-order valence-corrected chi connectivity index (χ3v) is 4.64. The summed E-state index contributed by atoms with van der Waals surface area (Å²) in [6.45, 7) is 14.5. The fourth-order valence-corrected chi connectivity index (χ4v) is 2.51. The number of aryl methyl sites for hydroxylation is 5. The molecule has 3 rings (SSSR count). The highest BCUT2D eigenvalue weighted by Gasteiger charge is 2.02. The topological polar surface area (TPSA) is 0 Å². The Balaban J connectivity index is 0.000000284. The van der Waals surface area contributed by atoms with Crippen LogP contribution in [0.5, 0.6) is 0 Å². The van der Waals surface area contributed by atoms with Gasteiger partial charge in [-0.2, -0.15) is 0 Å². The smallest absolute Gasteiger partial charge is 0.0441 e. The van der Waals surface area contributed by atoms with E-state index in [-0.39, 0.29) is 0 Å². The summed E-state index contributed by atoms with van der Waals surface area (Å²) < 4.78 is 0. The molecule has 3 aromatic rings. The molecule has 0 saturated carbocycles. The van der Waals surface area contributed by atoms with E-state index >= 15 is 0 Å². The van der Waals surface area contributed by atoms with Crippen LogP contribution in [0.15, 0.2) is 60.7 Å². The van der Waals surface area contributed by atoms with Gasteiger partial charge in [0, 0.05) is 5.02 Å². The molecular weight excluding hydrogens is 336 g/mol. The molecule has 0 bridgehead atoms. The van der Waals surface area contributed by atoms with E-state index in [4.69, 9.17) is 11.6 Å². The molecule has 0 aromatic heterocycles. The quantitative estimate of drug-likeness (QED) is 0.406. The van der Waals surface area contributed by atoms with Gasteiger partial charge < -0.3 is 0 Å². The van der Waals surface area contributed by atoms with Crippen LogP contribution >= 0.6 is 11.6 Å². The third kappa shape index (κ3) is 6.69. The van der Waals surface area contributed by atoms with Crippen LogP contribution in [0.25, 0.3) is 11.1 Å². The Kier molecular flexibility index (Phi) is 9.16. The molecule has 0 aliphatic heterocycles. The average molecular weight is 367 g/mol. The molecule has 0 radical (unpaired) electrons. The van der Waals surface area contributed by atoms with Crippen LogP contribution in [0.1, 0.15) is 41.7 Å². The van der Waals surface area contributed by atoms with Crippen molar-refractivity contribution in [2.75, 3.05) is 0 Å². The summed E-state index contributed by atoms with van der Waals surface area (Å²) in [7, 11) is 0. The zero-order valence-electron chi connectivity index (χ0n) is 17.2. The summed E-state index contributed by atoms with van der Waals surface area (Å²) >= 11 is 6.13. The van der Waals surface area contributed by atoms with Gasteiger partial charge in [0.05, 0.1) is 0 Å². The fourth-order valence-electron chi connectivity index (χ4n) is 2.33. The first-order chi connectivity index (χ1) is 12.4. The summed E-state index contributed by atoms with van der Waals surface area (Å²) in [5.41, 5.74) is 8.82. The van der Waals surface area contributed by atoms with Gasteiger partial charge in [-0.25, -0.2) is 0 Å². The van der Waals surface area contributed by atoms with Gasteiger partial charge in [0.25, 0.3) is 0 Å². The summed E-state index contributed by atoms with van der Waals surface area (Å²) in [6, 6.07) is 21.2. The van der Waals surface area contributed by atoms with Crippen molar-refractivity contribution in [3.63, 3.8) is 0 Å². The first-order valence-corrected chi connectivity index (χ1v) is 9.61. The molecule has 138 valence electrons. The van der Waals surface area contributed by atoms with E-state index in [1.54, 1.807) is 0 Å². The van der Waals surface area contributed by atoms with E-state index in [9.17, 15) is 0 Å². The molecule has 0 heterocycles. The number of halogens is 1. The first kappa shape index (κ1) is 22.0. The van der Waals surface area contributed by atoms with Crippen molar-refractivity contribution in [2.45, 2.75) is 48.5 Å². The molecule has 0 fully saturated rings. The lowest BCUT2D eigenvalue weighted by molar-refractivity contribution is 1.34. The van der Waals surface area contributed by atoms with Gasteiger partial charge in [-0.15, -0.1) is 0 Å². The zero-order chi connectivity index (χ0) is 19.7. The predicted molar refractivity (Wildman–Crippen MR) is 118 cm³/mol. The minimum atomic E-state index is 0.829. The lowest BCUT2D eigenvalue weighted by Crippen LogP contribution is -1.84. The molecule has 0 aliphatic rings. The van der Waals surface area contributed by atoms with Crippen LogP contribution in [-0.4, -0.2) is 0 Å². The Hall–Kier alpha value is -2.05. The van der Waals surface area contributed by atoms with Gasteiger partial charge in [-0.05, 0) is 68.5 Å². The molecule has 0 unspecified atom stereocenters. The van der Waals surface area contributed by atoms with E-state index in [1.807, 2.05) is 26.8 Å². The summed E-state index contributed by atoms with van der Waals surface area (Å²) in [6.07, 6.45) is 0. The minimum absolute atomic E-state index is 0.829. The number of hydrogen-bond donors (Lipinski definition) is 0. The Morgan fingerprint density at radius 2 is 0.923 bits per heavy atom. The van der Waals surface area contributed by atoms with Gasteiger partial charge in [0.1, 0.15) is 0 Å². The molecule has 0 nitrogen and oxygen atoms in total. The van der Waals surface area contributed by atoms with Crippen LogP contribution in [0.2, 0.25) is 5.02 Å². The molecular formula is C25H31Cl. The van der Waals surface area contributed by atoms with Gasteiger partial charge in [-0.3, -0.25) is 0 Å². The van der Waals surface area contributed by atoms with Crippen LogP contribution in [0.3, 0.4) is 0 Å². The van der Waals surface area contributed by atoms with Crippen molar-refractivity contribution in [3.05, 3.63) is 93.5 Å². The molecule has 0 amide bonds. The molecule has 0 atom stereocenters. The largest absolute Gasteiger partial charge is 0.0840 e. The Morgan fingerprint density at radius 1 is 0.500 bits per heavy atom. The van der Waals surface area contributed by atoms with Crippen LogP contribution in [0, 0.1) is 34.6 Å². The fraction of sp³-hybridized carbons (Fsp3) is 0.280. The van der Waals surface area contributed by atoms with E-state index in [1.165, 1.54) is 33.4 Å². The Labute approximate surface area is 164 Å². The van der Waals surface area contributed by atoms with Crippen molar-refractivity contribution >= 4 is 11.6 Å². The molecule has 0 N–H and O–H groups in total. The third-order valence-electron chi connectivity index (χ3n) is 4.23. The minimum Gasteiger partial charge on any atom is -0.0840 e. The van der Waals surface area contributed by atoms with Crippen LogP contribution in [0.4, 0.5) is 0 Å². The molecule has 0 aliphatic carbocycles. The van der Waals surface area contributed by atoms with Crippen molar-refractivity contribution < 1.29 is 0 Å². The van der Waals surface area contributed by atoms with Gasteiger partial charge >= 0.3 is 0 Å². The highest BCUT2D eigenvalue weighted by molar-refractivity contribution is 6.31.